The van der Waals surface area contributed by atoms with E-state index in [1.165, 1.54) is 73.9 Å². The van der Waals surface area contributed by atoms with E-state index < -0.39 is 0 Å². The predicted octanol–water partition coefficient (Wildman–Crippen LogP) is 8.42. The maximum atomic E-state index is 3.36. The zero-order valence-corrected chi connectivity index (χ0v) is 23.7. The molecule has 2 radical (unpaired) electrons. The SMILES string of the molecule is CC1=[C-]C(C)C(C)=C1C.CCCc1[cH-]c2ccccc2c1-c1ccccc1.[CH3-].[CH3-].[Si]=[Zr]. The fraction of sp³-hybridized carbons (Fsp3) is 0.276. The van der Waals surface area contributed by atoms with Crippen LogP contribution in [0.2, 0.25) is 0 Å². The molecule has 0 heterocycles. The van der Waals surface area contributed by atoms with Crippen LogP contribution in [0.25, 0.3) is 21.9 Å². The first-order valence-corrected chi connectivity index (χ1v) is 14.5. The van der Waals surface area contributed by atoms with Crippen molar-refractivity contribution in [1.29, 1.82) is 0 Å². The summed E-state index contributed by atoms with van der Waals surface area (Å²) in [4.78, 5) is 0. The Morgan fingerprint density at radius 1 is 0.935 bits per heavy atom. The molecule has 0 nitrogen and oxygen atoms in total. The van der Waals surface area contributed by atoms with Gasteiger partial charge in [0.25, 0.3) is 0 Å². The summed E-state index contributed by atoms with van der Waals surface area (Å²) in [6, 6.07) is 21.8. The number of rotatable bonds is 3. The summed E-state index contributed by atoms with van der Waals surface area (Å²) in [5.74, 6) is 0.560. The molecule has 4 rings (SSSR count). The fourth-order valence-corrected chi connectivity index (χ4v) is 3.86. The second kappa shape index (κ2) is 14.6. The van der Waals surface area contributed by atoms with Gasteiger partial charge in [0.05, 0.1) is 0 Å². The van der Waals surface area contributed by atoms with Crippen molar-refractivity contribution in [2.75, 3.05) is 0 Å². The van der Waals surface area contributed by atoms with Crippen molar-refractivity contribution in [3.63, 3.8) is 0 Å². The van der Waals surface area contributed by atoms with E-state index in [-0.39, 0.29) is 14.9 Å². The van der Waals surface area contributed by atoms with E-state index in [9.17, 15) is 0 Å². The summed E-state index contributed by atoms with van der Waals surface area (Å²) in [7, 11) is 0. The first kappa shape index (κ1) is 29.6. The zero-order chi connectivity index (χ0) is 21.4. The number of fused-ring (bicyclic) bond motifs is 1. The van der Waals surface area contributed by atoms with Crippen molar-refractivity contribution in [2.45, 2.75) is 47.5 Å². The van der Waals surface area contributed by atoms with Gasteiger partial charge in [0, 0.05) is 0 Å². The second-order valence-electron chi connectivity index (χ2n) is 7.55. The van der Waals surface area contributed by atoms with E-state index in [2.05, 4.69) is 108 Å². The van der Waals surface area contributed by atoms with Crippen LogP contribution in [0.15, 0.2) is 77.4 Å². The summed E-state index contributed by atoms with van der Waals surface area (Å²) in [5.41, 5.74) is 8.48. The molecule has 0 aromatic heterocycles. The third-order valence-corrected chi connectivity index (χ3v) is 5.70. The number of benzene rings is 2. The van der Waals surface area contributed by atoms with Gasteiger partial charge in [0.2, 0.25) is 0 Å². The Labute approximate surface area is 208 Å². The van der Waals surface area contributed by atoms with Crippen molar-refractivity contribution in [3.8, 4) is 11.1 Å². The van der Waals surface area contributed by atoms with Crippen LogP contribution in [0.3, 0.4) is 0 Å². The van der Waals surface area contributed by atoms with Gasteiger partial charge in [-0.1, -0.05) is 82.0 Å². The average molecular weight is 504 g/mol. The molecule has 0 saturated carbocycles. The molecule has 1 aliphatic carbocycles. The van der Waals surface area contributed by atoms with Crippen LogP contribution in [-0.4, -0.2) is 6.88 Å². The molecular formula is C29H36SiZr-4. The number of hydrogen-bond acceptors (Lipinski definition) is 0. The minimum atomic E-state index is 0. The Bertz CT molecular complexity index is 992. The van der Waals surface area contributed by atoms with Gasteiger partial charge in [-0.3, -0.25) is 6.08 Å². The molecular weight excluding hydrogens is 468 g/mol. The van der Waals surface area contributed by atoms with Crippen LogP contribution in [0.4, 0.5) is 0 Å². The van der Waals surface area contributed by atoms with Gasteiger partial charge in [-0.25, -0.2) is 5.57 Å². The van der Waals surface area contributed by atoms with E-state index in [0.29, 0.717) is 5.92 Å². The molecule has 164 valence electrons. The monoisotopic (exact) mass is 502 g/mol. The molecule has 3 aromatic carbocycles. The van der Waals surface area contributed by atoms with E-state index in [0.717, 1.165) is 6.42 Å². The normalized spacial score (nSPS) is 14.3. The standard InChI is InChI=1S/C18H17.C9H13.2CH3.Si.Zr/c1-2-8-16-13-15-11-6-7-12-17(15)18(16)14-9-4-3-5-10-14;1-6-5-7(2)9(4)8(6)3;;;;/h3-7,9-13H,2,8H2,1H3;6H,1-4H3;2*1H3;;/q4*-1;;. The van der Waals surface area contributed by atoms with E-state index in [1.807, 2.05) is 0 Å². The number of hydrogen-bond donors (Lipinski definition) is 0. The number of aryl methyl sites for hydroxylation is 1. The third-order valence-electron chi connectivity index (χ3n) is 5.70. The van der Waals surface area contributed by atoms with E-state index in [1.54, 1.807) is 0 Å². The molecule has 2 heteroatoms. The van der Waals surface area contributed by atoms with Crippen LogP contribution < -0.4 is 0 Å². The van der Waals surface area contributed by atoms with Gasteiger partial charge in [-0.2, -0.15) is 11.1 Å². The molecule has 0 saturated heterocycles. The quantitative estimate of drug-likeness (QED) is 0.248. The van der Waals surface area contributed by atoms with Gasteiger partial charge < -0.3 is 14.9 Å². The summed E-state index contributed by atoms with van der Waals surface area (Å²) in [5, 5.41) is 2.74. The molecule has 31 heavy (non-hydrogen) atoms. The van der Waals surface area contributed by atoms with Crippen molar-refractivity contribution >= 4 is 17.7 Å². The van der Waals surface area contributed by atoms with Crippen molar-refractivity contribution in [1.82, 2.24) is 0 Å². The Kier molecular flexibility index (Phi) is 14.0. The molecule has 3 aromatic rings. The summed E-state index contributed by atoms with van der Waals surface area (Å²) < 4.78 is 0. The Balaban J connectivity index is 0.000000595. The molecule has 0 bridgehead atoms. The minimum absolute atomic E-state index is 0. The van der Waals surface area contributed by atoms with Gasteiger partial charge in [0.15, 0.2) is 0 Å². The predicted molar refractivity (Wildman–Crippen MR) is 138 cm³/mol. The van der Waals surface area contributed by atoms with Gasteiger partial charge in [0.1, 0.15) is 0 Å². The molecule has 0 N–H and O–H groups in total. The molecule has 0 amide bonds. The topological polar surface area (TPSA) is 0 Å². The van der Waals surface area contributed by atoms with Crippen molar-refractivity contribution in [2.24, 2.45) is 5.92 Å². The fourth-order valence-electron chi connectivity index (χ4n) is 3.86. The van der Waals surface area contributed by atoms with E-state index >= 15 is 0 Å². The Morgan fingerprint density at radius 3 is 2.00 bits per heavy atom. The third kappa shape index (κ3) is 7.33. The first-order chi connectivity index (χ1) is 14.0. The van der Waals surface area contributed by atoms with Crippen LogP contribution in [0.1, 0.15) is 46.6 Å². The van der Waals surface area contributed by atoms with Crippen LogP contribution in [-0.2, 0) is 29.8 Å². The van der Waals surface area contributed by atoms with Crippen LogP contribution in [0.5, 0.6) is 0 Å². The van der Waals surface area contributed by atoms with Crippen LogP contribution in [0, 0.1) is 26.8 Å². The van der Waals surface area contributed by atoms with Gasteiger partial charge in [-0.15, -0.1) is 53.1 Å². The molecule has 0 spiro atoms. The Morgan fingerprint density at radius 2 is 1.52 bits per heavy atom. The summed E-state index contributed by atoms with van der Waals surface area (Å²) >= 11 is 1.36. The van der Waals surface area contributed by atoms with E-state index in [4.69, 9.17) is 0 Å². The molecule has 1 atom stereocenters. The summed E-state index contributed by atoms with van der Waals surface area (Å²) in [6.45, 7) is 14.0. The molecule has 1 aliphatic rings. The van der Waals surface area contributed by atoms with Crippen LogP contribution >= 0.6 is 0 Å². The number of allylic oxidation sites excluding steroid dienone is 4. The first-order valence-electron chi connectivity index (χ1n) is 10.3. The molecule has 0 fully saturated rings. The van der Waals surface area contributed by atoms with Gasteiger partial charge >= 0.3 is 30.2 Å². The summed E-state index contributed by atoms with van der Waals surface area (Å²) in [6.07, 6.45) is 5.70. The zero-order valence-electron chi connectivity index (χ0n) is 20.3. The molecule has 0 aliphatic heterocycles. The van der Waals surface area contributed by atoms with Crippen molar-refractivity contribution in [3.05, 3.63) is 104 Å². The molecule has 1 unspecified atom stereocenters. The second-order valence-corrected chi connectivity index (χ2v) is 7.55. The maximum absolute atomic E-state index is 3.36. The van der Waals surface area contributed by atoms with Crippen molar-refractivity contribution < 1.29 is 23.3 Å². The Hall–Kier alpha value is -1.37. The van der Waals surface area contributed by atoms with Gasteiger partial charge in [-0.05, 0) is 6.42 Å². The average Bonchev–Trinajstić information content (AvgIpc) is 3.23.